The van der Waals surface area contributed by atoms with E-state index in [0.29, 0.717) is 18.0 Å². The van der Waals surface area contributed by atoms with Gasteiger partial charge in [0.05, 0.1) is 5.75 Å². The van der Waals surface area contributed by atoms with Crippen LogP contribution >= 0.6 is 23.4 Å². The van der Waals surface area contributed by atoms with E-state index in [2.05, 4.69) is 5.32 Å². The highest BCUT2D eigenvalue weighted by Crippen LogP contribution is 2.23. The van der Waals surface area contributed by atoms with Gasteiger partial charge in [0.25, 0.3) is 0 Å². The number of rotatable bonds is 10. The number of thioether (sulfide) groups is 1. The molecule has 0 saturated heterocycles. The van der Waals surface area contributed by atoms with Gasteiger partial charge in [-0.25, -0.2) is 0 Å². The van der Waals surface area contributed by atoms with Crippen LogP contribution in [0, 0.1) is 0 Å². The third-order valence-electron chi connectivity index (χ3n) is 6.57. The molecule has 0 heterocycles. The van der Waals surface area contributed by atoms with Gasteiger partial charge >= 0.3 is 0 Å². The summed E-state index contributed by atoms with van der Waals surface area (Å²) in [6.45, 7) is 0.324. The summed E-state index contributed by atoms with van der Waals surface area (Å²) < 4.78 is 0. The lowest BCUT2D eigenvalue weighted by atomic mass is 9.94. The molecular weight excluding hydrogens is 488 g/mol. The maximum Gasteiger partial charge on any atom is 0.243 e. The van der Waals surface area contributed by atoms with E-state index in [-0.39, 0.29) is 23.6 Å². The van der Waals surface area contributed by atoms with E-state index in [1.165, 1.54) is 18.2 Å². The predicted molar refractivity (Wildman–Crippen MR) is 148 cm³/mol. The number of carbonyl (C=O) groups is 2. The maximum absolute atomic E-state index is 13.8. The van der Waals surface area contributed by atoms with Gasteiger partial charge in [-0.3, -0.25) is 9.59 Å². The van der Waals surface area contributed by atoms with Crippen molar-refractivity contribution in [3.8, 4) is 0 Å². The molecule has 1 aliphatic rings. The lowest BCUT2D eigenvalue weighted by Gasteiger charge is -2.33. The second-order valence-corrected chi connectivity index (χ2v) is 10.8. The standard InChI is InChI=1S/C30H33ClN2O2S/c31-25-14-10-13-24(19-25)21-33(29(34)22-36-27-17-8-3-9-18-27)28(20-23-11-4-1-5-12-23)30(35)32-26-15-6-2-7-16-26/h1,3-5,8-14,17-19,26,28H,2,6-7,15-16,20-22H2,(H,32,35)/t28-/m0/s1. The van der Waals surface area contributed by atoms with E-state index in [4.69, 9.17) is 11.6 Å². The molecule has 1 fully saturated rings. The lowest BCUT2D eigenvalue weighted by Crippen LogP contribution is -2.53. The Morgan fingerprint density at radius 1 is 0.889 bits per heavy atom. The Hall–Kier alpha value is -2.76. The van der Waals surface area contributed by atoms with Gasteiger partial charge in [-0.15, -0.1) is 11.8 Å². The van der Waals surface area contributed by atoms with E-state index in [1.54, 1.807) is 4.90 Å². The molecule has 0 unspecified atom stereocenters. The quantitative estimate of drug-likeness (QED) is 0.309. The van der Waals surface area contributed by atoms with Crippen molar-refractivity contribution < 1.29 is 9.59 Å². The van der Waals surface area contributed by atoms with Gasteiger partial charge < -0.3 is 10.2 Å². The van der Waals surface area contributed by atoms with Crippen LogP contribution in [0.5, 0.6) is 0 Å². The van der Waals surface area contributed by atoms with E-state index in [1.807, 2.05) is 84.9 Å². The number of nitrogens with zero attached hydrogens (tertiary/aromatic N) is 1. The van der Waals surface area contributed by atoms with Crippen molar-refractivity contribution in [1.82, 2.24) is 10.2 Å². The lowest BCUT2D eigenvalue weighted by molar-refractivity contribution is -0.139. The Balaban J connectivity index is 1.60. The highest BCUT2D eigenvalue weighted by Gasteiger charge is 2.32. The molecule has 1 atom stereocenters. The monoisotopic (exact) mass is 520 g/mol. The molecule has 2 amide bonds. The van der Waals surface area contributed by atoms with E-state index in [9.17, 15) is 9.59 Å². The Kier molecular flexibility index (Phi) is 9.88. The molecule has 1 aliphatic carbocycles. The molecule has 4 nitrogen and oxygen atoms in total. The summed E-state index contributed by atoms with van der Waals surface area (Å²) in [7, 11) is 0. The van der Waals surface area contributed by atoms with Crippen molar-refractivity contribution in [3.05, 3.63) is 101 Å². The first-order valence-electron chi connectivity index (χ1n) is 12.6. The zero-order valence-corrected chi connectivity index (χ0v) is 22.0. The molecule has 36 heavy (non-hydrogen) atoms. The summed E-state index contributed by atoms with van der Waals surface area (Å²) in [5.74, 6) is 0.112. The Morgan fingerprint density at radius 3 is 2.25 bits per heavy atom. The topological polar surface area (TPSA) is 49.4 Å². The van der Waals surface area contributed by atoms with Gasteiger partial charge in [0.1, 0.15) is 6.04 Å². The largest absolute Gasteiger partial charge is 0.352 e. The van der Waals surface area contributed by atoms with Gasteiger partial charge in [-0.1, -0.05) is 91.5 Å². The number of hydrogen-bond donors (Lipinski definition) is 1. The summed E-state index contributed by atoms with van der Waals surface area (Å²) in [5, 5.41) is 3.90. The van der Waals surface area contributed by atoms with Crippen LogP contribution in [0.2, 0.25) is 5.02 Å². The minimum absolute atomic E-state index is 0.0662. The number of hydrogen-bond acceptors (Lipinski definition) is 3. The SMILES string of the molecule is O=C(NC1CCCCC1)[C@H](Cc1ccccc1)N(Cc1cccc(Cl)c1)C(=O)CSc1ccccc1. The van der Waals surface area contributed by atoms with E-state index >= 15 is 0 Å². The molecule has 0 aliphatic heterocycles. The Bertz CT molecular complexity index is 1120. The van der Waals surface area contributed by atoms with Gasteiger partial charge in [0.2, 0.25) is 11.8 Å². The second kappa shape index (κ2) is 13.5. The third kappa shape index (κ3) is 7.87. The molecule has 1 N–H and O–H groups in total. The van der Waals surface area contributed by atoms with Crippen LogP contribution in [0.15, 0.2) is 89.8 Å². The fourth-order valence-corrected chi connectivity index (χ4v) is 5.69. The maximum atomic E-state index is 13.8. The van der Waals surface area contributed by atoms with Crippen LogP contribution in [0.1, 0.15) is 43.2 Å². The average Bonchev–Trinajstić information content (AvgIpc) is 2.91. The Morgan fingerprint density at radius 2 is 1.56 bits per heavy atom. The van der Waals surface area contributed by atoms with Crippen molar-refractivity contribution in [2.75, 3.05) is 5.75 Å². The van der Waals surface area contributed by atoms with Gasteiger partial charge in [-0.05, 0) is 48.2 Å². The van der Waals surface area contributed by atoms with Crippen molar-refractivity contribution in [2.45, 2.75) is 62.0 Å². The number of nitrogens with one attached hydrogen (secondary N) is 1. The fraction of sp³-hybridized carbons (Fsp3) is 0.333. The van der Waals surface area contributed by atoms with Crippen LogP contribution in [0.25, 0.3) is 0 Å². The minimum Gasteiger partial charge on any atom is -0.352 e. The number of carbonyl (C=O) groups excluding carboxylic acids is 2. The zero-order chi connectivity index (χ0) is 25.2. The first-order valence-corrected chi connectivity index (χ1v) is 14.0. The van der Waals surface area contributed by atoms with Crippen molar-refractivity contribution in [1.29, 1.82) is 0 Å². The molecular formula is C30H33ClN2O2S. The summed E-state index contributed by atoms with van der Waals surface area (Å²) in [4.78, 5) is 30.3. The number of amides is 2. The van der Waals surface area contributed by atoms with E-state index < -0.39 is 6.04 Å². The normalized spacial score (nSPS) is 14.7. The smallest absolute Gasteiger partial charge is 0.243 e. The molecule has 0 radical (unpaired) electrons. The van der Waals surface area contributed by atoms with Crippen LogP contribution in [0.4, 0.5) is 0 Å². The molecule has 6 heteroatoms. The van der Waals surface area contributed by atoms with Crippen molar-refractivity contribution in [3.63, 3.8) is 0 Å². The fourth-order valence-electron chi connectivity index (χ4n) is 4.67. The molecule has 0 aromatic heterocycles. The Labute approximate surface area is 223 Å². The summed E-state index contributed by atoms with van der Waals surface area (Å²) in [5.41, 5.74) is 1.94. The van der Waals surface area contributed by atoms with Crippen LogP contribution in [-0.4, -0.2) is 34.6 Å². The van der Waals surface area contributed by atoms with Gasteiger partial charge in [0, 0.05) is 28.9 Å². The minimum atomic E-state index is -0.614. The van der Waals surface area contributed by atoms with Gasteiger partial charge in [-0.2, -0.15) is 0 Å². The zero-order valence-electron chi connectivity index (χ0n) is 20.4. The molecule has 0 spiro atoms. The summed E-state index contributed by atoms with van der Waals surface area (Å²) in [6.07, 6.45) is 5.93. The summed E-state index contributed by atoms with van der Waals surface area (Å²) >= 11 is 7.76. The molecule has 4 rings (SSSR count). The predicted octanol–water partition coefficient (Wildman–Crippen LogP) is 6.52. The van der Waals surface area contributed by atoms with Crippen molar-refractivity contribution >= 4 is 35.2 Å². The van der Waals surface area contributed by atoms with Gasteiger partial charge in [0.15, 0.2) is 0 Å². The summed E-state index contributed by atoms with van der Waals surface area (Å²) in [6, 6.07) is 26.9. The molecule has 1 saturated carbocycles. The average molecular weight is 521 g/mol. The first-order chi connectivity index (χ1) is 17.6. The molecule has 3 aromatic carbocycles. The highest BCUT2D eigenvalue weighted by molar-refractivity contribution is 8.00. The number of halogens is 1. The first kappa shape index (κ1) is 26.3. The highest BCUT2D eigenvalue weighted by atomic mass is 35.5. The second-order valence-electron chi connectivity index (χ2n) is 9.30. The van der Waals surface area contributed by atoms with Crippen LogP contribution in [-0.2, 0) is 22.6 Å². The molecule has 188 valence electrons. The van der Waals surface area contributed by atoms with E-state index in [0.717, 1.165) is 41.7 Å². The van der Waals surface area contributed by atoms with Crippen LogP contribution in [0.3, 0.4) is 0 Å². The number of benzene rings is 3. The molecule has 3 aromatic rings. The molecule has 0 bridgehead atoms. The third-order valence-corrected chi connectivity index (χ3v) is 7.80. The van der Waals surface area contributed by atoms with Crippen LogP contribution < -0.4 is 5.32 Å². The van der Waals surface area contributed by atoms with Crippen molar-refractivity contribution in [2.24, 2.45) is 0 Å².